The zero-order valence-electron chi connectivity index (χ0n) is 15.0. The van der Waals surface area contributed by atoms with Crippen molar-refractivity contribution in [2.24, 2.45) is 7.05 Å². The second-order valence-corrected chi connectivity index (χ2v) is 7.01. The van der Waals surface area contributed by atoms with E-state index in [2.05, 4.69) is 18.8 Å². The fraction of sp³-hybridized carbons (Fsp3) is 0.474. The zero-order valence-corrected chi connectivity index (χ0v) is 15.0. The van der Waals surface area contributed by atoms with Crippen molar-refractivity contribution in [1.82, 2.24) is 14.5 Å². The van der Waals surface area contributed by atoms with Gasteiger partial charge in [-0.25, -0.2) is 4.98 Å². The summed E-state index contributed by atoms with van der Waals surface area (Å²) in [5, 5.41) is 10.7. The highest BCUT2D eigenvalue weighted by molar-refractivity contribution is 5.78. The second kappa shape index (κ2) is 6.98. The van der Waals surface area contributed by atoms with Crippen molar-refractivity contribution in [3.05, 3.63) is 53.6 Å². The lowest BCUT2D eigenvalue weighted by Crippen LogP contribution is -2.61. The lowest BCUT2D eigenvalue weighted by atomic mass is 9.85. The number of aromatic nitrogens is 2. The van der Waals surface area contributed by atoms with Crippen molar-refractivity contribution in [2.45, 2.75) is 32.0 Å². The van der Waals surface area contributed by atoms with E-state index in [1.165, 1.54) is 5.56 Å². The maximum absolute atomic E-state index is 12.2. The Morgan fingerprint density at radius 2 is 2.00 bits per heavy atom. The summed E-state index contributed by atoms with van der Waals surface area (Å²) in [5.41, 5.74) is 1.14. The minimum Gasteiger partial charge on any atom is -0.381 e. The minimum absolute atomic E-state index is 0.00473. The molecule has 1 aromatic heterocycles. The Morgan fingerprint density at radius 1 is 1.32 bits per heavy atom. The Hall–Kier alpha value is -2.18. The number of carbonyl (C=O) groups is 1. The van der Waals surface area contributed by atoms with Crippen LogP contribution >= 0.6 is 0 Å². The van der Waals surface area contributed by atoms with Crippen molar-refractivity contribution in [1.29, 1.82) is 0 Å². The van der Waals surface area contributed by atoms with Crippen LogP contribution in [0.3, 0.4) is 0 Å². The van der Waals surface area contributed by atoms with Gasteiger partial charge in [-0.05, 0) is 17.0 Å². The van der Waals surface area contributed by atoms with Gasteiger partial charge in [-0.15, -0.1) is 0 Å². The van der Waals surface area contributed by atoms with Gasteiger partial charge in [0.25, 0.3) is 0 Å². The maximum atomic E-state index is 12.2. The van der Waals surface area contributed by atoms with E-state index in [9.17, 15) is 9.90 Å². The Morgan fingerprint density at radius 3 is 2.56 bits per heavy atom. The van der Waals surface area contributed by atoms with Gasteiger partial charge in [0, 0.05) is 19.4 Å². The number of nitrogens with zero attached hydrogens (tertiary/aromatic N) is 3. The standard InChI is InChI=1S/C19H25N3O3/c1-14(2)15-4-6-16(7-5-15)19(24)12-22(13-19)18(23)11-25-10-17-20-8-9-21(17)3/h4-9,14,24H,10-13H2,1-3H3. The minimum atomic E-state index is -0.954. The fourth-order valence-corrected chi connectivity index (χ4v) is 2.98. The monoisotopic (exact) mass is 343 g/mol. The number of hydrogen-bond donors (Lipinski definition) is 1. The van der Waals surface area contributed by atoms with Crippen molar-refractivity contribution in [3.8, 4) is 0 Å². The van der Waals surface area contributed by atoms with Crippen molar-refractivity contribution >= 4 is 5.91 Å². The van der Waals surface area contributed by atoms with Crippen LogP contribution in [0.15, 0.2) is 36.7 Å². The lowest BCUT2D eigenvalue weighted by molar-refractivity contribution is -0.162. The summed E-state index contributed by atoms with van der Waals surface area (Å²) in [6, 6.07) is 7.99. The smallest absolute Gasteiger partial charge is 0.248 e. The number of likely N-dealkylation sites (tertiary alicyclic amines) is 1. The van der Waals surface area contributed by atoms with E-state index in [1.54, 1.807) is 11.1 Å². The van der Waals surface area contributed by atoms with Gasteiger partial charge in [0.15, 0.2) is 0 Å². The third-order valence-corrected chi connectivity index (χ3v) is 4.75. The third kappa shape index (κ3) is 3.75. The molecule has 0 atom stereocenters. The first kappa shape index (κ1) is 17.6. The van der Waals surface area contributed by atoms with Crippen LogP contribution in [-0.2, 0) is 28.8 Å². The highest BCUT2D eigenvalue weighted by atomic mass is 16.5. The molecular weight excluding hydrogens is 318 g/mol. The molecule has 6 nitrogen and oxygen atoms in total. The number of aryl methyl sites for hydroxylation is 1. The molecule has 25 heavy (non-hydrogen) atoms. The van der Waals surface area contributed by atoms with Crippen LogP contribution < -0.4 is 0 Å². The van der Waals surface area contributed by atoms with E-state index in [-0.39, 0.29) is 12.5 Å². The number of amides is 1. The predicted molar refractivity (Wildman–Crippen MR) is 93.9 cm³/mol. The number of ether oxygens (including phenoxy) is 1. The topological polar surface area (TPSA) is 67.6 Å². The molecule has 2 aromatic rings. The first-order chi connectivity index (χ1) is 11.9. The molecule has 6 heteroatoms. The number of aliphatic hydroxyl groups is 1. The quantitative estimate of drug-likeness (QED) is 0.868. The normalized spacial score (nSPS) is 16.1. The molecule has 1 amide bonds. The molecule has 1 aromatic carbocycles. The Labute approximate surface area is 148 Å². The van der Waals surface area contributed by atoms with Crippen LogP contribution in [-0.4, -0.2) is 45.2 Å². The largest absolute Gasteiger partial charge is 0.381 e. The molecule has 1 aliphatic rings. The van der Waals surface area contributed by atoms with Gasteiger partial charge >= 0.3 is 0 Å². The molecule has 0 aliphatic carbocycles. The molecule has 1 aliphatic heterocycles. The predicted octanol–water partition coefficient (Wildman–Crippen LogP) is 1.79. The first-order valence-corrected chi connectivity index (χ1v) is 8.53. The van der Waals surface area contributed by atoms with Gasteiger partial charge in [-0.3, -0.25) is 4.79 Å². The summed E-state index contributed by atoms with van der Waals surface area (Å²) in [4.78, 5) is 17.9. The number of hydrogen-bond acceptors (Lipinski definition) is 4. The third-order valence-electron chi connectivity index (χ3n) is 4.75. The number of benzene rings is 1. The highest BCUT2D eigenvalue weighted by Crippen LogP contribution is 2.32. The Bertz CT molecular complexity index is 731. The molecule has 0 spiro atoms. The molecule has 0 saturated carbocycles. The molecule has 0 radical (unpaired) electrons. The van der Waals surface area contributed by atoms with Crippen LogP contribution in [0.2, 0.25) is 0 Å². The van der Waals surface area contributed by atoms with E-state index < -0.39 is 5.60 Å². The molecule has 0 bridgehead atoms. The van der Waals surface area contributed by atoms with E-state index in [4.69, 9.17) is 4.74 Å². The highest BCUT2D eigenvalue weighted by Gasteiger charge is 2.44. The molecule has 3 rings (SSSR count). The van der Waals surface area contributed by atoms with Crippen LogP contribution in [0, 0.1) is 0 Å². The molecule has 1 fully saturated rings. The van der Waals surface area contributed by atoms with Gasteiger partial charge in [-0.1, -0.05) is 38.1 Å². The molecule has 2 heterocycles. The zero-order chi connectivity index (χ0) is 18.0. The molecule has 134 valence electrons. The summed E-state index contributed by atoms with van der Waals surface area (Å²) >= 11 is 0. The van der Waals surface area contributed by atoms with Gasteiger partial charge in [0.2, 0.25) is 5.91 Å². The fourth-order valence-electron chi connectivity index (χ4n) is 2.98. The van der Waals surface area contributed by atoms with Crippen LogP contribution in [0.1, 0.15) is 36.7 Å². The number of carbonyl (C=O) groups excluding carboxylic acids is 1. The summed E-state index contributed by atoms with van der Waals surface area (Å²) in [6.07, 6.45) is 3.53. The van der Waals surface area contributed by atoms with E-state index in [0.29, 0.717) is 25.6 Å². The van der Waals surface area contributed by atoms with E-state index >= 15 is 0 Å². The maximum Gasteiger partial charge on any atom is 0.248 e. The van der Waals surface area contributed by atoms with Gasteiger partial charge < -0.3 is 19.3 Å². The average molecular weight is 343 g/mol. The summed E-state index contributed by atoms with van der Waals surface area (Å²) in [7, 11) is 1.88. The van der Waals surface area contributed by atoms with Crippen molar-refractivity contribution in [2.75, 3.05) is 19.7 Å². The summed E-state index contributed by atoms with van der Waals surface area (Å²) < 4.78 is 7.29. The lowest BCUT2D eigenvalue weighted by Gasteiger charge is -2.46. The van der Waals surface area contributed by atoms with Crippen LogP contribution in [0.5, 0.6) is 0 Å². The van der Waals surface area contributed by atoms with Gasteiger partial charge in [0.1, 0.15) is 24.6 Å². The van der Waals surface area contributed by atoms with Gasteiger partial charge in [0.05, 0.1) is 13.1 Å². The molecule has 0 unspecified atom stereocenters. The number of β-amino-alcohol motifs (C(OH)–C–C–N with tert-alkyl or cyclic N) is 1. The second-order valence-electron chi connectivity index (χ2n) is 7.01. The van der Waals surface area contributed by atoms with E-state index in [0.717, 1.165) is 11.4 Å². The molecular formula is C19H25N3O3. The summed E-state index contributed by atoms with van der Waals surface area (Å²) in [5.74, 6) is 1.12. The van der Waals surface area contributed by atoms with Crippen LogP contribution in [0.25, 0.3) is 0 Å². The number of rotatable bonds is 6. The SMILES string of the molecule is CC(C)c1ccc(C2(O)CN(C(=O)COCc3nccn3C)C2)cc1. The molecule has 1 saturated heterocycles. The van der Waals surface area contributed by atoms with Crippen molar-refractivity contribution in [3.63, 3.8) is 0 Å². The summed E-state index contributed by atoms with van der Waals surface area (Å²) in [6.45, 7) is 5.17. The Balaban J connectivity index is 1.48. The van der Waals surface area contributed by atoms with Crippen LogP contribution in [0.4, 0.5) is 0 Å². The van der Waals surface area contributed by atoms with Crippen molar-refractivity contribution < 1.29 is 14.6 Å². The Kier molecular flexibility index (Phi) is 4.92. The average Bonchev–Trinajstić information content (AvgIpc) is 2.97. The first-order valence-electron chi connectivity index (χ1n) is 8.53. The molecule has 1 N–H and O–H groups in total. The van der Waals surface area contributed by atoms with E-state index in [1.807, 2.05) is 42.1 Å². The van der Waals surface area contributed by atoms with Gasteiger partial charge in [-0.2, -0.15) is 0 Å². The number of imidazole rings is 1.